The van der Waals surface area contributed by atoms with Crippen molar-refractivity contribution in [3.05, 3.63) is 41.6 Å². The number of rotatable bonds is 2. The lowest BCUT2D eigenvalue weighted by molar-refractivity contribution is 0.175. The van der Waals surface area contributed by atoms with E-state index in [0.29, 0.717) is 0 Å². The van der Waals surface area contributed by atoms with Gasteiger partial charge in [-0.15, -0.1) is 0 Å². The summed E-state index contributed by atoms with van der Waals surface area (Å²) >= 11 is 0. The Kier molecular flexibility index (Phi) is 2.90. The molecule has 3 nitrogen and oxygen atoms in total. The Bertz CT molecular complexity index is 460. The maximum atomic E-state index is 9.68. The van der Waals surface area contributed by atoms with Gasteiger partial charge in [0, 0.05) is 11.6 Å². The third kappa shape index (κ3) is 1.92. The highest BCUT2D eigenvalue weighted by Gasteiger charge is 2.13. The first-order chi connectivity index (χ1) is 7.59. The Labute approximate surface area is 94.4 Å². The van der Waals surface area contributed by atoms with Crippen LogP contribution >= 0.6 is 0 Å². The van der Waals surface area contributed by atoms with Crippen molar-refractivity contribution in [3.8, 4) is 0 Å². The molecule has 0 bridgehead atoms. The van der Waals surface area contributed by atoms with Gasteiger partial charge in [-0.25, -0.2) is 0 Å². The molecular weight excluding hydrogens is 202 g/mol. The van der Waals surface area contributed by atoms with Gasteiger partial charge in [0.2, 0.25) is 0 Å². The summed E-state index contributed by atoms with van der Waals surface area (Å²) in [5.74, 6) is 0. The van der Waals surface area contributed by atoms with Crippen LogP contribution in [0.2, 0.25) is 0 Å². The normalized spacial score (nSPS) is 15.0. The first-order valence-corrected chi connectivity index (χ1v) is 5.34. The van der Waals surface area contributed by atoms with Crippen LogP contribution in [0.25, 0.3) is 10.9 Å². The highest BCUT2D eigenvalue weighted by molar-refractivity contribution is 5.80. The third-order valence-electron chi connectivity index (χ3n) is 2.71. The van der Waals surface area contributed by atoms with E-state index in [-0.39, 0.29) is 0 Å². The molecule has 1 aromatic carbocycles. The number of hydrogen-bond acceptors (Lipinski definition) is 3. The zero-order valence-electron chi connectivity index (χ0n) is 9.38. The van der Waals surface area contributed by atoms with Gasteiger partial charge in [0.25, 0.3) is 0 Å². The zero-order chi connectivity index (χ0) is 11.7. The molecule has 3 heteroatoms. The van der Waals surface area contributed by atoms with E-state index >= 15 is 0 Å². The summed E-state index contributed by atoms with van der Waals surface area (Å²) in [5.41, 5.74) is 2.33. The quantitative estimate of drug-likeness (QED) is 0.811. The number of aromatic nitrogens is 1. The Morgan fingerprint density at radius 2 is 1.69 bits per heavy atom. The molecule has 2 unspecified atom stereocenters. The van der Waals surface area contributed by atoms with E-state index in [4.69, 9.17) is 0 Å². The fourth-order valence-corrected chi connectivity index (χ4v) is 1.88. The molecule has 1 heterocycles. The highest BCUT2D eigenvalue weighted by atomic mass is 16.3. The number of pyridine rings is 1. The van der Waals surface area contributed by atoms with E-state index in [1.54, 1.807) is 20.0 Å². The lowest BCUT2D eigenvalue weighted by Crippen LogP contribution is -2.02. The van der Waals surface area contributed by atoms with Gasteiger partial charge in [0.15, 0.2) is 0 Å². The monoisotopic (exact) mass is 217 g/mol. The molecule has 2 N–H and O–H groups in total. The lowest BCUT2D eigenvalue weighted by Gasteiger charge is -2.15. The number of fused-ring (bicyclic) bond motifs is 1. The minimum absolute atomic E-state index is 0.589. The van der Waals surface area contributed by atoms with Gasteiger partial charge in [-0.3, -0.25) is 4.98 Å². The van der Waals surface area contributed by atoms with Crippen molar-refractivity contribution in [2.75, 3.05) is 0 Å². The second kappa shape index (κ2) is 4.20. The predicted molar refractivity (Wildman–Crippen MR) is 63.0 cm³/mol. The van der Waals surface area contributed by atoms with E-state index in [0.717, 1.165) is 22.0 Å². The van der Waals surface area contributed by atoms with Crippen molar-refractivity contribution in [1.29, 1.82) is 0 Å². The number of aliphatic hydroxyl groups is 2. The van der Waals surface area contributed by atoms with Crippen molar-refractivity contribution < 1.29 is 10.2 Å². The fourth-order valence-electron chi connectivity index (χ4n) is 1.88. The summed E-state index contributed by atoms with van der Waals surface area (Å²) in [4.78, 5) is 4.23. The number of aliphatic hydroxyl groups excluding tert-OH is 2. The van der Waals surface area contributed by atoms with E-state index in [9.17, 15) is 10.2 Å². The molecular formula is C13H15NO2. The van der Waals surface area contributed by atoms with Crippen LogP contribution in [0.15, 0.2) is 30.5 Å². The fraction of sp³-hybridized carbons (Fsp3) is 0.308. The van der Waals surface area contributed by atoms with Crippen LogP contribution in [0.1, 0.15) is 37.2 Å². The molecule has 0 aliphatic rings. The molecule has 16 heavy (non-hydrogen) atoms. The van der Waals surface area contributed by atoms with Gasteiger partial charge in [-0.05, 0) is 43.2 Å². The molecule has 2 aromatic rings. The molecule has 0 radical (unpaired) electrons. The second-order valence-electron chi connectivity index (χ2n) is 4.03. The van der Waals surface area contributed by atoms with E-state index in [1.165, 1.54) is 0 Å². The van der Waals surface area contributed by atoms with Crippen LogP contribution in [-0.2, 0) is 0 Å². The zero-order valence-corrected chi connectivity index (χ0v) is 9.38. The Morgan fingerprint density at radius 1 is 1.06 bits per heavy atom. The molecule has 0 fully saturated rings. The van der Waals surface area contributed by atoms with Crippen LogP contribution in [0.3, 0.4) is 0 Å². The van der Waals surface area contributed by atoms with Crippen molar-refractivity contribution in [2.45, 2.75) is 26.1 Å². The Balaban J connectivity index is 2.71. The first-order valence-electron chi connectivity index (χ1n) is 5.34. The topological polar surface area (TPSA) is 53.4 Å². The molecule has 2 rings (SSSR count). The predicted octanol–water partition coefficient (Wildman–Crippen LogP) is 2.34. The molecule has 0 aliphatic carbocycles. The molecule has 84 valence electrons. The standard InChI is InChI=1S/C13H15NO2/c1-8(15)11-6-10-4-3-5-14-13(10)7-12(11)9(2)16/h3-9,15-16H,1-2H3. The number of nitrogens with zero attached hydrogens (tertiary/aromatic N) is 1. The van der Waals surface area contributed by atoms with Crippen LogP contribution < -0.4 is 0 Å². The highest BCUT2D eigenvalue weighted by Crippen LogP contribution is 2.27. The summed E-state index contributed by atoms with van der Waals surface area (Å²) < 4.78 is 0. The lowest BCUT2D eigenvalue weighted by atomic mass is 9.97. The molecule has 0 spiro atoms. The molecule has 0 aliphatic heterocycles. The van der Waals surface area contributed by atoms with Crippen molar-refractivity contribution in [1.82, 2.24) is 4.98 Å². The van der Waals surface area contributed by atoms with Gasteiger partial charge >= 0.3 is 0 Å². The average Bonchev–Trinajstić information content (AvgIpc) is 2.27. The van der Waals surface area contributed by atoms with Crippen molar-refractivity contribution >= 4 is 10.9 Å². The van der Waals surface area contributed by atoms with E-state index in [2.05, 4.69) is 4.98 Å². The van der Waals surface area contributed by atoms with Crippen LogP contribution in [-0.4, -0.2) is 15.2 Å². The minimum atomic E-state index is -0.601. The first kappa shape index (κ1) is 11.0. The molecule has 0 saturated heterocycles. The smallest absolute Gasteiger partial charge is 0.0766 e. The summed E-state index contributed by atoms with van der Waals surface area (Å²) in [5, 5.41) is 20.3. The van der Waals surface area contributed by atoms with Gasteiger partial charge in [0.05, 0.1) is 17.7 Å². The second-order valence-corrected chi connectivity index (χ2v) is 4.03. The van der Waals surface area contributed by atoms with Crippen molar-refractivity contribution in [2.24, 2.45) is 0 Å². The average molecular weight is 217 g/mol. The van der Waals surface area contributed by atoms with Gasteiger partial charge < -0.3 is 10.2 Å². The largest absolute Gasteiger partial charge is 0.389 e. The maximum absolute atomic E-state index is 9.68. The summed E-state index contributed by atoms with van der Waals surface area (Å²) in [6, 6.07) is 7.52. The SMILES string of the molecule is CC(O)c1cc2cccnc2cc1C(C)O. The van der Waals surface area contributed by atoms with Crippen molar-refractivity contribution in [3.63, 3.8) is 0 Å². The summed E-state index contributed by atoms with van der Waals surface area (Å²) in [6.45, 7) is 3.39. The summed E-state index contributed by atoms with van der Waals surface area (Å²) in [7, 11) is 0. The van der Waals surface area contributed by atoms with E-state index in [1.807, 2.05) is 24.3 Å². The van der Waals surface area contributed by atoms with Gasteiger partial charge in [0.1, 0.15) is 0 Å². The minimum Gasteiger partial charge on any atom is -0.389 e. The molecule has 1 aromatic heterocycles. The van der Waals surface area contributed by atoms with Crippen LogP contribution in [0.5, 0.6) is 0 Å². The van der Waals surface area contributed by atoms with Crippen LogP contribution in [0, 0.1) is 0 Å². The van der Waals surface area contributed by atoms with Gasteiger partial charge in [-0.1, -0.05) is 6.07 Å². The third-order valence-corrected chi connectivity index (χ3v) is 2.71. The summed E-state index contributed by atoms with van der Waals surface area (Å²) in [6.07, 6.45) is 0.529. The number of hydrogen-bond donors (Lipinski definition) is 2. The van der Waals surface area contributed by atoms with E-state index < -0.39 is 12.2 Å². The van der Waals surface area contributed by atoms with Crippen LogP contribution in [0.4, 0.5) is 0 Å². The van der Waals surface area contributed by atoms with Gasteiger partial charge in [-0.2, -0.15) is 0 Å². The molecule has 0 saturated carbocycles. The molecule has 0 amide bonds. The maximum Gasteiger partial charge on any atom is 0.0766 e. The molecule has 2 atom stereocenters. The Morgan fingerprint density at radius 3 is 2.31 bits per heavy atom. The number of benzene rings is 1. The Hall–Kier alpha value is -1.45.